The van der Waals surface area contributed by atoms with Crippen molar-refractivity contribution in [2.24, 2.45) is 11.7 Å². The second kappa shape index (κ2) is 6.53. The van der Waals surface area contributed by atoms with Crippen molar-refractivity contribution in [1.29, 1.82) is 0 Å². The monoisotopic (exact) mass is 255 g/mol. The molecular weight excluding hydrogens is 226 g/mol. The molecule has 1 aliphatic rings. The Morgan fingerprint density at radius 2 is 2.00 bits per heavy atom. The van der Waals surface area contributed by atoms with Crippen LogP contribution in [0.1, 0.15) is 47.0 Å². The molecule has 0 bridgehead atoms. The van der Waals surface area contributed by atoms with E-state index >= 15 is 0 Å². The Morgan fingerprint density at radius 3 is 2.44 bits per heavy atom. The first-order valence-corrected chi connectivity index (χ1v) is 7.13. The molecule has 1 rings (SSSR count). The van der Waals surface area contributed by atoms with Crippen molar-refractivity contribution < 1.29 is 4.79 Å². The molecule has 0 radical (unpaired) electrons. The summed E-state index contributed by atoms with van der Waals surface area (Å²) in [5, 5.41) is 3.30. The molecule has 0 aromatic rings. The van der Waals surface area contributed by atoms with E-state index in [-0.39, 0.29) is 11.9 Å². The van der Waals surface area contributed by atoms with Crippen LogP contribution in [0.15, 0.2) is 0 Å². The van der Waals surface area contributed by atoms with Crippen molar-refractivity contribution in [2.45, 2.75) is 58.5 Å². The molecule has 1 aliphatic heterocycles. The second-order valence-corrected chi connectivity index (χ2v) is 6.27. The van der Waals surface area contributed by atoms with Gasteiger partial charge in [-0.25, -0.2) is 0 Å². The smallest absolute Gasteiger partial charge is 0.237 e. The van der Waals surface area contributed by atoms with E-state index in [0.717, 1.165) is 32.0 Å². The maximum Gasteiger partial charge on any atom is 0.237 e. The molecule has 0 aromatic carbocycles. The summed E-state index contributed by atoms with van der Waals surface area (Å²) in [5.74, 6) is 0.596. The largest absolute Gasteiger partial charge is 0.368 e. The van der Waals surface area contributed by atoms with E-state index in [1.54, 1.807) is 0 Å². The summed E-state index contributed by atoms with van der Waals surface area (Å²) in [6.45, 7) is 11.6. The van der Waals surface area contributed by atoms with E-state index < -0.39 is 5.54 Å². The van der Waals surface area contributed by atoms with Crippen LogP contribution in [0.25, 0.3) is 0 Å². The van der Waals surface area contributed by atoms with E-state index in [4.69, 9.17) is 5.73 Å². The van der Waals surface area contributed by atoms with E-state index in [0.29, 0.717) is 0 Å². The third kappa shape index (κ3) is 4.58. The molecule has 0 aliphatic carbocycles. The quantitative estimate of drug-likeness (QED) is 0.753. The van der Waals surface area contributed by atoms with Crippen LogP contribution < -0.4 is 11.1 Å². The molecular formula is C14H29N3O. The lowest BCUT2D eigenvalue weighted by atomic mass is 9.94. The topological polar surface area (TPSA) is 58.4 Å². The van der Waals surface area contributed by atoms with Crippen LogP contribution in [0.3, 0.4) is 0 Å². The minimum Gasteiger partial charge on any atom is -0.368 e. The maximum atomic E-state index is 11.6. The third-order valence-corrected chi connectivity index (χ3v) is 3.96. The van der Waals surface area contributed by atoms with Gasteiger partial charge in [0.05, 0.1) is 5.54 Å². The van der Waals surface area contributed by atoms with Gasteiger partial charge in [-0.2, -0.15) is 0 Å². The fourth-order valence-electron chi connectivity index (χ4n) is 2.57. The van der Waals surface area contributed by atoms with Crippen LogP contribution in [0.4, 0.5) is 0 Å². The van der Waals surface area contributed by atoms with Gasteiger partial charge in [-0.05, 0) is 59.0 Å². The average Bonchev–Trinajstić information content (AvgIpc) is 2.27. The number of rotatable bonds is 6. The van der Waals surface area contributed by atoms with Gasteiger partial charge in [-0.15, -0.1) is 0 Å². The molecule has 3 N–H and O–H groups in total. The number of nitrogens with zero attached hydrogens (tertiary/aromatic N) is 1. The first-order chi connectivity index (χ1) is 8.33. The molecule has 1 unspecified atom stereocenters. The molecule has 1 saturated heterocycles. The van der Waals surface area contributed by atoms with Gasteiger partial charge in [-0.3, -0.25) is 4.79 Å². The SMILES string of the molecule is CC1CCN(CCC(C)(NC(C)C)C(N)=O)CC1. The minimum absolute atomic E-state index is 0.249. The van der Waals surface area contributed by atoms with E-state index in [9.17, 15) is 4.79 Å². The van der Waals surface area contributed by atoms with Crippen LogP contribution in [0.2, 0.25) is 0 Å². The number of likely N-dealkylation sites (tertiary alicyclic amines) is 1. The van der Waals surface area contributed by atoms with Crippen molar-refractivity contribution in [2.75, 3.05) is 19.6 Å². The van der Waals surface area contributed by atoms with Gasteiger partial charge in [-0.1, -0.05) is 6.92 Å². The molecule has 1 amide bonds. The molecule has 1 atom stereocenters. The number of hydrogen-bond acceptors (Lipinski definition) is 3. The molecule has 0 aromatic heterocycles. The van der Waals surface area contributed by atoms with E-state index in [1.165, 1.54) is 12.8 Å². The molecule has 1 heterocycles. The number of nitrogens with two attached hydrogens (primary N) is 1. The van der Waals surface area contributed by atoms with Gasteiger partial charge in [0.2, 0.25) is 5.91 Å². The zero-order valence-electron chi connectivity index (χ0n) is 12.3. The summed E-state index contributed by atoms with van der Waals surface area (Å²) in [6.07, 6.45) is 3.32. The summed E-state index contributed by atoms with van der Waals surface area (Å²) in [5.41, 5.74) is 4.95. The highest BCUT2D eigenvalue weighted by Crippen LogP contribution is 2.18. The second-order valence-electron chi connectivity index (χ2n) is 6.27. The predicted molar refractivity (Wildman–Crippen MR) is 75.3 cm³/mol. The summed E-state index contributed by atoms with van der Waals surface area (Å²) in [7, 11) is 0. The highest BCUT2D eigenvalue weighted by atomic mass is 16.1. The molecule has 18 heavy (non-hydrogen) atoms. The number of piperidine rings is 1. The van der Waals surface area contributed by atoms with Gasteiger partial charge < -0.3 is 16.0 Å². The summed E-state index contributed by atoms with van der Waals surface area (Å²) in [6, 6.07) is 0.267. The maximum absolute atomic E-state index is 11.6. The molecule has 0 saturated carbocycles. The Morgan fingerprint density at radius 1 is 1.44 bits per heavy atom. The number of amides is 1. The van der Waals surface area contributed by atoms with Crippen molar-refractivity contribution in [1.82, 2.24) is 10.2 Å². The lowest BCUT2D eigenvalue weighted by Crippen LogP contribution is -2.57. The van der Waals surface area contributed by atoms with Crippen molar-refractivity contribution in [3.05, 3.63) is 0 Å². The van der Waals surface area contributed by atoms with Crippen LogP contribution in [0.5, 0.6) is 0 Å². The lowest BCUT2D eigenvalue weighted by Gasteiger charge is -2.35. The summed E-state index contributed by atoms with van der Waals surface area (Å²) < 4.78 is 0. The number of nitrogens with one attached hydrogen (secondary N) is 1. The van der Waals surface area contributed by atoms with Crippen LogP contribution in [-0.4, -0.2) is 42.0 Å². The lowest BCUT2D eigenvalue weighted by molar-refractivity contribution is -0.124. The fourth-order valence-corrected chi connectivity index (χ4v) is 2.57. The number of primary amides is 1. The molecule has 106 valence electrons. The van der Waals surface area contributed by atoms with Gasteiger partial charge in [0.1, 0.15) is 0 Å². The normalized spacial score (nSPS) is 22.1. The van der Waals surface area contributed by atoms with Crippen molar-refractivity contribution >= 4 is 5.91 Å². The summed E-state index contributed by atoms with van der Waals surface area (Å²) >= 11 is 0. The predicted octanol–water partition coefficient (Wildman–Crippen LogP) is 1.35. The first kappa shape index (κ1) is 15.4. The zero-order valence-corrected chi connectivity index (χ0v) is 12.3. The Labute approximate surface area is 111 Å². The van der Waals surface area contributed by atoms with E-state index in [1.807, 2.05) is 20.8 Å². The van der Waals surface area contributed by atoms with Crippen LogP contribution in [0, 0.1) is 5.92 Å². The van der Waals surface area contributed by atoms with Gasteiger partial charge >= 0.3 is 0 Å². The Kier molecular flexibility index (Phi) is 5.60. The highest BCUT2D eigenvalue weighted by Gasteiger charge is 2.32. The van der Waals surface area contributed by atoms with Gasteiger partial charge in [0.15, 0.2) is 0 Å². The molecule has 4 heteroatoms. The third-order valence-electron chi connectivity index (χ3n) is 3.96. The Bertz CT molecular complexity index is 272. The van der Waals surface area contributed by atoms with Gasteiger partial charge in [0, 0.05) is 12.6 Å². The van der Waals surface area contributed by atoms with Crippen LogP contribution >= 0.6 is 0 Å². The number of carbonyl (C=O) groups is 1. The number of carbonyl (C=O) groups excluding carboxylic acids is 1. The zero-order chi connectivity index (χ0) is 13.8. The van der Waals surface area contributed by atoms with Crippen LogP contribution in [-0.2, 0) is 4.79 Å². The van der Waals surface area contributed by atoms with Gasteiger partial charge in [0.25, 0.3) is 0 Å². The number of hydrogen-bond donors (Lipinski definition) is 2. The summed E-state index contributed by atoms with van der Waals surface area (Å²) in [4.78, 5) is 14.1. The first-order valence-electron chi connectivity index (χ1n) is 7.13. The van der Waals surface area contributed by atoms with E-state index in [2.05, 4.69) is 17.1 Å². The molecule has 1 fully saturated rings. The van der Waals surface area contributed by atoms with Crippen molar-refractivity contribution in [3.8, 4) is 0 Å². The van der Waals surface area contributed by atoms with Crippen molar-refractivity contribution in [3.63, 3.8) is 0 Å². The molecule has 0 spiro atoms. The average molecular weight is 255 g/mol. The minimum atomic E-state index is -0.586. The highest BCUT2D eigenvalue weighted by molar-refractivity contribution is 5.84. The Balaban J connectivity index is 2.45. The Hall–Kier alpha value is -0.610. The molecule has 4 nitrogen and oxygen atoms in total. The fraction of sp³-hybridized carbons (Fsp3) is 0.929. The standard InChI is InChI=1S/C14H29N3O/c1-11(2)16-14(4,13(15)18)7-10-17-8-5-12(3)6-9-17/h11-12,16H,5-10H2,1-4H3,(H2,15,18).